The van der Waals surface area contributed by atoms with E-state index in [1.165, 1.54) is 0 Å². The lowest BCUT2D eigenvalue weighted by molar-refractivity contribution is 0.0782. The van der Waals surface area contributed by atoms with Gasteiger partial charge in [-0.3, -0.25) is 4.79 Å². The van der Waals surface area contributed by atoms with E-state index in [2.05, 4.69) is 10.1 Å². The molecule has 19 heavy (non-hydrogen) atoms. The molecule has 1 amide bonds. The molecule has 6 heteroatoms. The van der Waals surface area contributed by atoms with Crippen molar-refractivity contribution in [2.24, 2.45) is 0 Å². The smallest absolute Gasteiger partial charge is 0.254 e. The summed E-state index contributed by atoms with van der Waals surface area (Å²) in [7, 11) is 1.70. The van der Waals surface area contributed by atoms with Crippen LogP contribution in [0.4, 0.5) is 0 Å². The van der Waals surface area contributed by atoms with Gasteiger partial charge in [0.25, 0.3) is 5.91 Å². The van der Waals surface area contributed by atoms with Crippen molar-refractivity contribution in [2.45, 2.75) is 20.4 Å². The van der Waals surface area contributed by atoms with E-state index in [-0.39, 0.29) is 5.91 Å². The van der Waals surface area contributed by atoms with Crippen molar-refractivity contribution in [2.75, 3.05) is 7.05 Å². The molecule has 2 rings (SSSR count). The van der Waals surface area contributed by atoms with Crippen LogP contribution in [0.1, 0.15) is 27.5 Å². The summed E-state index contributed by atoms with van der Waals surface area (Å²) in [5.74, 6) is 0.590. The van der Waals surface area contributed by atoms with Gasteiger partial charge in [-0.05, 0) is 26.0 Å². The summed E-state index contributed by atoms with van der Waals surface area (Å²) in [6.07, 6.45) is 0. The first-order valence-corrected chi connectivity index (χ1v) is 6.15. The molecule has 0 N–H and O–H groups in total. The molecular weight excluding hydrogens is 266 g/mol. The van der Waals surface area contributed by atoms with Crippen LogP contribution in [0.3, 0.4) is 0 Å². The Morgan fingerprint density at radius 2 is 2.11 bits per heavy atom. The van der Waals surface area contributed by atoms with Crippen molar-refractivity contribution in [1.29, 1.82) is 0 Å². The predicted octanol–water partition coefficient (Wildman–Crippen LogP) is 2.61. The maximum Gasteiger partial charge on any atom is 0.254 e. The molecule has 0 aliphatic heterocycles. The minimum atomic E-state index is -0.131. The third kappa shape index (κ3) is 3.32. The number of hydrogen-bond donors (Lipinski definition) is 0. The molecule has 0 unspecified atom stereocenters. The van der Waals surface area contributed by atoms with E-state index in [1.54, 1.807) is 37.1 Å². The predicted molar refractivity (Wildman–Crippen MR) is 71.0 cm³/mol. The van der Waals surface area contributed by atoms with Crippen LogP contribution in [0.2, 0.25) is 5.15 Å². The van der Waals surface area contributed by atoms with Crippen molar-refractivity contribution in [3.05, 3.63) is 46.1 Å². The summed E-state index contributed by atoms with van der Waals surface area (Å²) in [6, 6.07) is 5.06. The number of aryl methyl sites for hydroxylation is 2. The first-order valence-electron chi connectivity index (χ1n) is 5.77. The number of aromatic nitrogens is 2. The number of carbonyl (C=O) groups is 1. The number of rotatable bonds is 3. The highest BCUT2D eigenvalue weighted by atomic mass is 35.5. The highest BCUT2D eigenvalue weighted by Gasteiger charge is 2.15. The number of nitrogens with zero attached hydrogens (tertiary/aromatic N) is 3. The number of amides is 1. The van der Waals surface area contributed by atoms with Crippen molar-refractivity contribution in [3.8, 4) is 0 Å². The molecule has 100 valence electrons. The average molecular weight is 280 g/mol. The van der Waals surface area contributed by atoms with Crippen molar-refractivity contribution < 1.29 is 9.32 Å². The maximum absolute atomic E-state index is 12.2. The van der Waals surface area contributed by atoms with E-state index in [0.29, 0.717) is 28.6 Å². The summed E-state index contributed by atoms with van der Waals surface area (Å²) in [5.41, 5.74) is 1.94. The summed E-state index contributed by atoms with van der Waals surface area (Å²) in [6.45, 7) is 3.99. The highest BCUT2D eigenvalue weighted by Crippen LogP contribution is 2.13. The van der Waals surface area contributed by atoms with Gasteiger partial charge < -0.3 is 9.42 Å². The molecule has 0 spiro atoms. The maximum atomic E-state index is 12.2. The van der Waals surface area contributed by atoms with E-state index in [4.69, 9.17) is 16.1 Å². The van der Waals surface area contributed by atoms with Crippen molar-refractivity contribution in [3.63, 3.8) is 0 Å². The monoisotopic (exact) mass is 279 g/mol. The van der Waals surface area contributed by atoms with Crippen LogP contribution in [0, 0.1) is 13.8 Å². The molecule has 0 aromatic carbocycles. The van der Waals surface area contributed by atoms with Gasteiger partial charge >= 0.3 is 0 Å². The molecule has 0 aliphatic carbocycles. The number of pyridine rings is 1. The van der Waals surface area contributed by atoms with Crippen LogP contribution >= 0.6 is 11.6 Å². The van der Waals surface area contributed by atoms with Gasteiger partial charge in [-0.1, -0.05) is 16.8 Å². The molecule has 2 aromatic heterocycles. The number of halogens is 1. The summed E-state index contributed by atoms with van der Waals surface area (Å²) < 4.78 is 4.97. The molecule has 2 heterocycles. The second kappa shape index (κ2) is 5.40. The average Bonchev–Trinajstić information content (AvgIpc) is 2.72. The zero-order valence-corrected chi connectivity index (χ0v) is 11.7. The molecule has 0 saturated carbocycles. The van der Waals surface area contributed by atoms with Crippen LogP contribution in [0.5, 0.6) is 0 Å². The molecule has 0 fully saturated rings. The zero-order valence-electron chi connectivity index (χ0n) is 11.0. The van der Waals surface area contributed by atoms with Gasteiger partial charge in [0.05, 0.1) is 6.54 Å². The number of hydrogen-bond acceptors (Lipinski definition) is 4. The second-order valence-electron chi connectivity index (χ2n) is 4.41. The Morgan fingerprint density at radius 3 is 2.68 bits per heavy atom. The zero-order chi connectivity index (χ0) is 14.0. The summed E-state index contributed by atoms with van der Waals surface area (Å²) in [4.78, 5) is 17.8. The van der Waals surface area contributed by atoms with E-state index in [9.17, 15) is 4.79 Å². The van der Waals surface area contributed by atoms with Crippen molar-refractivity contribution in [1.82, 2.24) is 15.0 Å². The Labute approximate surface area is 116 Å². The van der Waals surface area contributed by atoms with Crippen LogP contribution in [0.25, 0.3) is 0 Å². The largest absolute Gasteiger partial charge is 0.361 e. The standard InChI is InChI=1S/C13H14ClN3O2/c1-8-4-10(6-12(14)15-8)13(18)17(3)7-11-5-9(2)19-16-11/h4-6H,7H2,1-3H3. The van der Waals surface area contributed by atoms with E-state index in [0.717, 1.165) is 5.76 Å². The lowest BCUT2D eigenvalue weighted by Crippen LogP contribution is -2.26. The van der Waals surface area contributed by atoms with Gasteiger partial charge in [0.15, 0.2) is 0 Å². The summed E-state index contributed by atoms with van der Waals surface area (Å²) >= 11 is 5.85. The Hall–Kier alpha value is -1.88. The number of carbonyl (C=O) groups excluding carboxylic acids is 1. The molecule has 5 nitrogen and oxygen atoms in total. The first kappa shape index (κ1) is 13.5. The molecule has 0 bridgehead atoms. The molecular formula is C13H14ClN3O2. The molecule has 0 aliphatic rings. The SMILES string of the molecule is Cc1cc(C(=O)N(C)Cc2cc(C)on2)cc(Cl)n1. The minimum Gasteiger partial charge on any atom is -0.361 e. The first-order chi connectivity index (χ1) is 8.95. The minimum absolute atomic E-state index is 0.131. The lowest BCUT2D eigenvalue weighted by Gasteiger charge is -2.15. The van der Waals surface area contributed by atoms with Gasteiger partial charge in [0.1, 0.15) is 16.6 Å². The third-order valence-electron chi connectivity index (χ3n) is 2.59. The Morgan fingerprint density at radius 1 is 1.37 bits per heavy atom. The fourth-order valence-electron chi connectivity index (χ4n) is 1.78. The topological polar surface area (TPSA) is 59.2 Å². The highest BCUT2D eigenvalue weighted by molar-refractivity contribution is 6.29. The second-order valence-corrected chi connectivity index (χ2v) is 4.80. The van der Waals surface area contributed by atoms with Gasteiger partial charge in [-0.15, -0.1) is 0 Å². The van der Waals surface area contributed by atoms with Gasteiger partial charge in [-0.25, -0.2) is 4.98 Å². The fourth-order valence-corrected chi connectivity index (χ4v) is 2.03. The van der Waals surface area contributed by atoms with Gasteiger partial charge in [0, 0.05) is 24.4 Å². The van der Waals surface area contributed by atoms with Crippen LogP contribution in [-0.4, -0.2) is 28.0 Å². The van der Waals surface area contributed by atoms with Crippen LogP contribution in [-0.2, 0) is 6.54 Å². The van der Waals surface area contributed by atoms with E-state index < -0.39 is 0 Å². The molecule has 0 atom stereocenters. The van der Waals surface area contributed by atoms with Crippen molar-refractivity contribution >= 4 is 17.5 Å². The fraction of sp³-hybridized carbons (Fsp3) is 0.308. The van der Waals surface area contributed by atoms with E-state index >= 15 is 0 Å². The molecule has 0 saturated heterocycles. The van der Waals surface area contributed by atoms with Gasteiger partial charge in [-0.2, -0.15) is 0 Å². The molecule has 0 radical (unpaired) electrons. The Kier molecular flexibility index (Phi) is 3.85. The normalized spacial score (nSPS) is 10.5. The molecule has 2 aromatic rings. The quantitative estimate of drug-likeness (QED) is 0.811. The van der Waals surface area contributed by atoms with Crippen LogP contribution < -0.4 is 0 Å². The Balaban J connectivity index is 2.14. The van der Waals surface area contributed by atoms with Crippen LogP contribution in [0.15, 0.2) is 22.7 Å². The lowest BCUT2D eigenvalue weighted by atomic mass is 10.2. The van der Waals surface area contributed by atoms with Gasteiger partial charge in [0.2, 0.25) is 0 Å². The Bertz CT molecular complexity index is 589. The summed E-state index contributed by atoms with van der Waals surface area (Å²) in [5, 5.41) is 4.17. The van der Waals surface area contributed by atoms with E-state index in [1.807, 2.05) is 6.92 Å². The third-order valence-corrected chi connectivity index (χ3v) is 2.79.